The van der Waals surface area contributed by atoms with Crippen molar-refractivity contribution in [3.05, 3.63) is 12.2 Å². The van der Waals surface area contributed by atoms with Crippen LogP contribution in [0.2, 0.25) is 0 Å². The Bertz CT molecular complexity index is 386. The molecule has 112 valence electrons. The Balaban J connectivity index is 2.45. The van der Waals surface area contributed by atoms with Gasteiger partial charge >= 0.3 is 11.9 Å². The van der Waals surface area contributed by atoms with Crippen LogP contribution in [0, 0.1) is 0 Å². The van der Waals surface area contributed by atoms with Crippen molar-refractivity contribution in [2.75, 3.05) is 13.2 Å². The van der Waals surface area contributed by atoms with Crippen LogP contribution in [0.25, 0.3) is 0 Å². The summed E-state index contributed by atoms with van der Waals surface area (Å²) < 4.78 is 9.84. The molecule has 0 aromatic heterocycles. The van der Waals surface area contributed by atoms with E-state index in [0.717, 1.165) is 12.5 Å². The average Bonchev–Trinajstić information content (AvgIpc) is 2.91. The predicted molar refractivity (Wildman–Crippen MR) is 68.9 cm³/mol. The first-order valence-electron chi connectivity index (χ1n) is 6.52. The first kappa shape index (κ1) is 16.2. The van der Waals surface area contributed by atoms with Gasteiger partial charge in [0.15, 0.2) is 0 Å². The predicted octanol–water partition coefficient (Wildman–Crippen LogP) is 0.244. The second-order valence-corrected chi connectivity index (χ2v) is 4.29. The van der Waals surface area contributed by atoms with Crippen LogP contribution in [-0.2, 0) is 23.9 Å². The van der Waals surface area contributed by atoms with Gasteiger partial charge in [-0.2, -0.15) is 0 Å². The molecule has 1 heterocycles. The van der Waals surface area contributed by atoms with Crippen molar-refractivity contribution in [2.24, 2.45) is 0 Å². The fourth-order valence-electron chi connectivity index (χ4n) is 1.76. The van der Waals surface area contributed by atoms with E-state index in [1.165, 1.54) is 6.08 Å². The van der Waals surface area contributed by atoms with Crippen molar-refractivity contribution in [3.8, 4) is 0 Å². The lowest BCUT2D eigenvalue weighted by molar-refractivity contribution is -0.143. The quantitative estimate of drug-likeness (QED) is 0.513. The summed E-state index contributed by atoms with van der Waals surface area (Å²) in [5, 5.41) is 11.4. The number of aliphatic carboxylic acids is 1. The van der Waals surface area contributed by atoms with Gasteiger partial charge in [-0.1, -0.05) is 6.08 Å². The van der Waals surface area contributed by atoms with Gasteiger partial charge < -0.3 is 19.9 Å². The molecule has 1 aliphatic rings. The summed E-state index contributed by atoms with van der Waals surface area (Å²) in [6.45, 7) is 2.44. The van der Waals surface area contributed by atoms with Crippen LogP contribution in [0.1, 0.15) is 26.2 Å². The number of hydrogen-bond donors (Lipinski definition) is 2. The number of carboxylic acids is 1. The van der Waals surface area contributed by atoms with Crippen LogP contribution in [0.15, 0.2) is 12.2 Å². The molecular formula is C13H19NO6. The maximum atomic E-state index is 11.7. The molecule has 20 heavy (non-hydrogen) atoms. The van der Waals surface area contributed by atoms with Gasteiger partial charge in [-0.15, -0.1) is 0 Å². The molecule has 0 radical (unpaired) electrons. The van der Waals surface area contributed by atoms with Crippen molar-refractivity contribution in [3.63, 3.8) is 0 Å². The lowest BCUT2D eigenvalue weighted by Crippen LogP contribution is -2.45. The molecule has 2 atom stereocenters. The van der Waals surface area contributed by atoms with E-state index < -0.39 is 30.0 Å². The van der Waals surface area contributed by atoms with E-state index >= 15 is 0 Å². The van der Waals surface area contributed by atoms with Gasteiger partial charge in [0, 0.05) is 12.7 Å². The Morgan fingerprint density at radius 3 is 2.80 bits per heavy atom. The van der Waals surface area contributed by atoms with Crippen LogP contribution in [0.5, 0.6) is 0 Å². The molecular weight excluding hydrogens is 266 g/mol. The molecule has 7 heteroatoms. The van der Waals surface area contributed by atoms with Gasteiger partial charge in [0.05, 0.1) is 6.61 Å². The van der Waals surface area contributed by atoms with Crippen molar-refractivity contribution < 1.29 is 29.0 Å². The van der Waals surface area contributed by atoms with Gasteiger partial charge in [-0.3, -0.25) is 4.79 Å². The van der Waals surface area contributed by atoms with Gasteiger partial charge in [-0.05, 0) is 26.2 Å². The number of rotatable bonds is 7. The fourth-order valence-corrected chi connectivity index (χ4v) is 1.76. The Hall–Kier alpha value is -1.89. The summed E-state index contributed by atoms with van der Waals surface area (Å²) in [4.78, 5) is 33.9. The average molecular weight is 285 g/mol. The number of esters is 1. The van der Waals surface area contributed by atoms with Crippen LogP contribution >= 0.6 is 0 Å². The van der Waals surface area contributed by atoms with E-state index in [4.69, 9.17) is 9.84 Å². The smallest absolute Gasteiger partial charge is 0.330 e. The normalized spacial score (nSPS) is 19.8. The molecule has 0 spiro atoms. The molecule has 1 saturated heterocycles. The maximum Gasteiger partial charge on any atom is 0.330 e. The van der Waals surface area contributed by atoms with E-state index in [9.17, 15) is 14.4 Å². The van der Waals surface area contributed by atoms with E-state index in [1.807, 2.05) is 0 Å². The van der Waals surface area contributed by atoms with Crippen molar-refractivity contribution in [2.45, 2.75) is 38.3 Å². The first-order chi connectivity index (χ1) is 9.54. The fraction of sp³-hybridized carbons (Fsp3) is 0.615. The molecule has 1 fully saturated rings. The number of ether oxygens (including phenoxy) is 2. The third kappa shape index (κ3) is 5.40. The Labute approximate surface area is 116 Å². The minimum absolute atomic E-state index is 0.00656. The Morgan fingerprint density at radius 2 is 2.25 bits per heavy atom. The highest BCUT2D eigenvalue weighted by Crippen LogP contribution is 2.12. The third-order valence-corrected chi connectivity index (χ3v) is 2.75. The molecule has 7 nitrogen and oxygen atoms in total. The zero-order valence-corrected chi connectivity index (χ0v) is 11.3. The Morgan fingerprint density at radius 1 is 1.50 bits per heavy atom. The second-order valence-electron chi connectivity index (χ2n) is 4.29. The molecule has 2 N–H and O–H groups in total. The number of carbonyl (C=O) groups is 3. The largest absolute Gasteiger partial charge is 0.480 e. The van der Waals surface area contributed by atoms with Crippen molar-refractivity contribution in [1.82, 2.24) is 5.32 Å². The summed E-state index contributed by atoms with van der Waals surface area (Å²) in [6.07, 6.45) is 3.33. The number of carboxylic acid groups (broad SMARTS) is 1. The number of amides is 1. The zero-order valence-electron chi connectivity index (χ0n) is 11.3. The lowest BCUT2D eigenvalue weighted by atomic mass is 10.1. The SMILES string of the molecule is CCOC(=O)/C=C/C[C@H](NC(=O)[C@@H]1CCCO1)C(=O)O. The minimum Gasteiger partial charge on any atom is -0.480 e. The number of nitrogens with one attached hydrogen (secondary N) is 1. The highest BCUT2D eigenvalue weighted by Gasteiger charge is 2.27. The van der Waals surface area contributed by atoms with Gasteiger partial charge in [0.1, 0.15) is 12.1 Å². The molecule has 0 aliphatic carbocycles. The van der Waals surface area contributed by atoms with Crippen LogP contribution in [-0.4, -0.2) is 48.3 Å². The number of carbonyl (C=O) groups excluding carboxylic acids is 2. The molecule has 0 unspecified atom stereocenters. The molecule has 1 amide bonds. The second kappa shape index (κ2) is 8.31. The summed E-state index contributed by atoms with van der Waals surface area (Å²) in [7, 11) is 0. The minimum atomic E-state index is -1.16. The molecule has 1 aliphatic heterocycles. The third-order valence-electron chi connectivity index (χ3n) is 2.75. The van der Waals surface area contributed by atoms with Crippen molar-refractivity contribution in [1.29, 1.82) is 0 Å². The molecule has 0 bridgehead atoms. The molecule has 0 saturated carbocycles. The van der Waals surface area contributed by atoms with E-state index in [-0.39, 0.29) is 13.0 Å². The van der Waals surface area contributed by atoms with Crippen LogP contribution in [0.3, 0.4) is 0 Å². The van der Waals surface area contributed by atoms with E-state index in [2.05, 4.69) is 10.1 Å². The first-order valence-corrected chi connectivity index (χ1v) is 6.52. The van der Waals surface area contributed by atoms with E-state index in [1.54, 1.807) is 6.92 Å². The standard InChI is InChI=1S/C13H19NO6/c1-2-19-11(15)7-3-5-9(13(17)18)14-12(16)10-6-4-8-20-10/h3,7,9-10H,2,4-6,8H2,1H3,(H,14,16)(H,17,18)/b7-3+/t9-,10-/m0/s1. The van der Waals surface area contributed by atoms with Gasteiger partial charge in [-0.25, -0.2) is 9.59 Å². The van der Waals surface area contributed by atoms with Crippen molar-refractivity contribution >= 4 is 17.8 Å². The highest BCUT2D eigenvalue weighted by atomic mass is 16.5. The van der Waals surface area contributed by atoms with Crippen LogP contribution < -0.4 is 5.32 Å². The van der Waals surface area contributed by atoms with Crippen LogP contribution in [0.4, 0.5) is 0 Å². The topological polar surface area (TPSA) is 102 Å². The van der Waals surface area contributed by atoms with E-state index in [0.29, 0.717) is 13.0 Å². The molecule has 0 aromatic rings. The molecule has 1 rings (SSSR count). The zero-order chi connectivity index (χ0) is 15.0. The molecule has 0 aromatic carbocycles. The summed E-state index contributed by atoms with van der Waals surface area (Å²) in [5.74, 6) is -2.13. The number of hydrogen-bond acceptors (Lipinski definition) is 5. The maximum absolute atomic E-state index is 11.7. The summed E-state index contributed by atoms with van der Waals surface area (Å²) >= 11 is 0. The monoisotopic (exact) mass is 285 g/mol. The summed E-state index contributed by atoms with van der Waals surface area (Å²) in [5.41, 5.74) is 0. The highest BCUT2D eigenvalue weighted by molar-refractivity contribution is 5.87. The lowest BCUT2D eigenvalue weighted by Gasteiger charge is -2.15. The van der Waals surface area contributed by atoms with Gasteiger partial charge in [0.25, 0.3) is 0 Å². The Kier molecular flexibility index (Phi) is 6.72. The van der Waals surface area contributed by atoms with Gasteiger partial charge in [0.2, 0.25) is 5.91 Å². The summed E-state index contributed by atoms with van der Waals surface area (Å²) in [6, 6.07) is -1.09.